The minimum absolute atomic E-state index is 0.0162. The van der Waals surface area contributed by atoms with Crippen molar-refractivity contribution in [1.82, 2.24) is 4.98 Å². The van der Waals surface area contributed by atoms with Crippen molar-refractivity contribution in [2.45, 2.75) is 26.9 Å². The van der Waals surface area contributed by atoms with Crippen LogP contribution in [0.2, 0.25) is 0 Å². The van der Waals surface area contributed by atoms with Crippen LogP contribution in [0.5, 0.6) is 11.5 Å². The molecule has 112 valence electrons. The summed E-state index contributed by atoms with van der Waals surface area (Å²) in [6, 6.07) is 3.61. The highest BCUT2D eigenvalue weighted by Gasteiger charge is 2.18. The number of pyridine rings is 1. The maximum atomic E-state index is 12.6. The Balaban J connectivity index is 2.23. The summed E-state index contributed by atoms with van der Waals surface area (Å²) in [5, 5.41) is 0.617. The van der Waals surface area contributed by atoms with E-state index in [2.05, 4.69) is 4.98 Å². The first-order valence-corrected chi connectivity index (χ1v) is 7.29. The molecule has 0 fully saturated rings. The fourth-order valence-corrected chi connectivity index (χ4v) is 2.64. The van der Waals surface area contributed by atoms with Gasteiger partial charge in [-0.05, 0) is 19.9 Å². The number of nitrogens with one attached hydrogen (secondary N) is 1. The lowest BCUT2D eigenvalue weighted by Gasteiger charge is -2.18. The largest absolute Gasteiger partial charge is 0.490 e. The molecule has 0 amide bonds. The van der Waals surface area contributed by atoms with E-state index < -0.39 is 0 Å². The Morgan fingerprint density at radius 3 is 2.62 bits per heavy atom. The van der Waals surface area contributed by atoms with Gasteiger partial charge < -0.3 is 19.2 Å². The molecule has 0 atom stereocenters. The summed E-state index contributed by atoms with van der Waals surface area (Å²) in [5.74, 6) is 1.27. The molecule has 0 unspecified atom stereocenters. The molecule has 3 rings (SSSR count). The zero-order valence-corrected chi connectivity index (χ0v) is 12.3. The molecule has 0 saturated carbocycles. The number of benzene rings is 1. The molecule has 1 N–H and O–H groups in total. The lowest BCUT2D eigenvalue weighted by Crippen LogP contribution is -2.21. The average Bonchev–Trinajstić information content (AvgIpc) is 2.49. The van der Waals surface area contributed by atoms with E-state index >= 15 is 0 Å². The zero-order valence-electron chi connectivity index (χ0n) is 12.3. The van der Waals surface area contributed by atoms with Crippen LogP contribution in [0.3, 0.4) is 0 Å². The summed E-state index contributed by atoms with van der Waals surface area (Å²) in [6.45, 7) is 5.92. The Labute approximate surface area is 122 Å². The number of hydrogen-bond donors (Lipinski definition) is 1. The maximum Gasteiger partial charge on any atom is 0.195 e. The molecular formula is C16H19NO4. The van der Waals surface area contributed by atoms with Crippen molar-refractivity contribution in [3.8, 4) is 11.5 Å². The molecule has 0 radical (unpaired) electrons. The molecule has 1 aromatic carbocycles. The van der Waals surface area contributed by atoms with Crippen LogP contribution < -0.4 is 14.9 Å². The molecular weight excluding hydrogens is 270 g/mol. The van der Waals surface area contributed by atoms with Crippen LogP contribution in [0.15, 0.2) is 16.9 Å². The number of fused-ring (bicyclic) bond motifs is 2. The quantitative estimate of drug-likeness (QED) is 0.939. The molecule has 0 spiro atoms. The minimum Gasteiger partial charge on any atom is -0.490 e. The summed E-state index contributed by atoms with van der Waals surface area (Å²) in [7, 11) is 0. The maximum absolute atomic E-state index is 12.6. The summed E-state index contributed by atoms with van der Waals surface area (Å²) < 4.78 is 16.6. The molecule has 0 bridgehead atoms. The van der Waals surface area contributed by atoms with E-state index in [1.165, 1.54) is 0 Å². The second-order valence-electron chi connectivity index (χ2n) is 4.92. The van der Waals surface area contributed by atoms with Gasteiger partial charge in [0.05, 0.1) is 31.9 Å². The smallest absolute Gasteiger partial charge is 0.195 e. The van der Waals surface area contributed by atoms with Crippen molar-refractivity contribution in [3.63, 3.8) is 0 Å². The first-order chi connectivity index (χ1) is 10.2. The molecule has 2 heterocycles. The number of hydrogen-bond acceptors (Lipinski definition) is 4. The molecule has 5 nitrogen and oxygen atoms in total. The Morgan fingerprint density at radius 2 is 1.90 bits per heavy atom. The predicted octanol–water partition coefficient (Wildman–Crippen LogP) is 2.40. The molecule has 5 heteroatoms. The van der Waals surface area contributed by atoms with Crippen molar-refractivity contribution in [2.24, 2.45) is 0 Å². The summed E-state index contributed by atoms with van der Waals surface area (Å²) >= 11 is 0. The Kier molecular flexibility index (Phi) is 3.84. The van der Waals surface area contributed by atoms with E-state index in [0.717, 1.165) is 23.2 Å². The average molecular weight is 289 g/mol. The van der Waals surface area contributed by atoms with Crippen LogP contribution >= 0.6 is 0 Å². The molecule has 0 saturated heterocycles. The van der Waals surface area contributed by atoms with Crippen LogP contribution in [0.1, 0.15) is 25.1 Å². The van der Waals surface area contributed by atoms with E-state index in [4.69, 9.17) is 14.2 Å². The second-order valence-corrected chi connectivity index (χ2v) is 4.92. The lowest BCUT2D eigenvalue weighted by atomic mass is 10.0. The molecule has 1 aromatic heterocycles. The predicted molar refractivity (Wildman–Crippen MR) is 80.3 cm³/mol. The number of aromatic amines is 1. The van der Waals surface area contributed by atoms with Gasteiger partial charge in [0, 0.05) is 29.1 Å². The third-order valence-electron chi connectivity index (χ3n) is 3.59. The Bertz CT molecular complexity index is 720. The summed E-state index contributed by atoms with van der Waals surface area (Å²) in [4.78, 5) is 15.9. The molecule has 1 aliphatic rings. The van der Waals surface area contributed by atoms with Crippen molar-refractivity contribution >= 4 is 10.9 Å². The van der Waals surface area contributed by atoms with Crippen molar-refractivity contribution in [2.75, 3.05) is 19.8 Å². The van der Waals surface area contributed by atoms with Gasteiger partial charge in [-0.2, -0.15) is 0 Å². The number of rotatable bonds is 4. The monoisotopic (exact) mass is 289 g/mol. The van der Waals surface area contributed by atoms with Crippen molar-refractivity contribution in [1.29, 1.82) is 0 Å². The summed E-state index contributed by atoms with van der Waals surface area (Å²) in [6.07, 6.45) is 0.734. The minimum atomic E-state index is 0.0162. The van der Waals surface area contributed by atoms with Gasteiger partial charge in [-0.1, -0.05) is 0 Å². The molecule has 0 aliphatic carbocycles. The van der Waals surface area contributed by atoms with Gasteiger partial charge in [0.15, 0.2) is 16.9 Å². The van der Waals surface area contributed by atoms with Gasteiger partial charge in [0.1, 0.15) is 0 Å². The van der Waals surface area contributed by atoms with Crippen LogP contribution in [0.4, 0.5) is 0 Å². The van der Waals surface area contributed by atoms with Crippen LogP contribution in [0.25, 0.3) is 10.9 Å². The van der Waals surface area contributed by atoms with Crippen molar-refractivity contribution in [3.05, 3.63) is 33.6 Å². The number of ether oxygens (including phenoxy) is 3. The van der Waals surface area contributed by atoms with Gasteiger partial charge in [-0.25, -0.2) is 0 Å². The van der Waals surface area contributed by atoms with Gasteiger partial charge >= 0.3 is 0 Å². The van der Waals surface area contributed by atoms with E-state index in [0.29, 0.717) is 43.3 Å². The van der Waals surface area contributed by atoms with Gasteiger partial charge in [-0.3, -0.25) is 4.79 Å². The van der Waals surface area contributed by atoms with Gasteiger partial charge in [0.2, 0.25) is 0 Å². The Morgan fingerprint density at radius 1 is 1.19 bits per heavy atom. The van der Waals surface area contributed by atoms with Crippen LogP contribution in [0, 0.1) is 0 Å². The second kappa shape index (κ2) is 5.77. The third kappa shape index (κ3) is 2.49. The number of H-pyrrole nitrogens is 1. The van der Waals surface area contributed by atoms with Crippen molar-refractivity contribution < 1.29 is 14.2 Å². The number of aromatic nitrogens is 1. The molecule has 21 heavy (non-hydrogen) atoms. The van der Waals surface area contributed by atoms with Gasteiger partial charge in [-0.15, -0.1) is 0 Å². The van der Waals surface area contributed by atoms with E-state index in [1.54, 1.807) is 6.07 Å². The highest BCUT2D eigenvalue weighted by Crippen LogP contribution is 2.31. The summed E-state index contributed by atoms with van der Waals surface area (Å²) in [5.41, 5.74) is 2.49. The highest BCUT2D eigenvalue weighted by atomic mass is 16.5. The topological polar surface area (TPSA) is 60.6 Å². The third-order valence-corrected chi connectivity index (χ3v) is 3.59. The first kappa shape index (κ1) is 13.9. The normalized spacial score (nSPS) is 14.0. The van der Waals surface area contributed by atoms with Crippen LogP contribution in [-0.4, -0.2) is 24.8 Å². The van der Waals surface area contributed by atoms with Gasteiger partial charge in [0.25, 0.3) is 0 Å². The molecule has 2 aromatic rings. The SMILES string of the molecule is CCOc1cc2[nH]c3c(c(=O)c2cc1OCC)COCC3. The van der Waals surface area contributed by atoms with E-state index in [9.17, 15) is 4.79 Å². The highest BCUT2D eigenvalue weighted by molar-refractivity contribution is 5.83. The van der Waals surface area contributed by atoms with E-state index in [1.807, 2.05) is 19.9 Å². The fourth-order valence-electron chi connectivity index (χ4n) is 2.64. The Hall–Kier alpha value is -2.01. The van der Waals surface area contributed by atoms with Crippen LogP contribution in [-0.2, 0) is 17.8 Å². The standard InChI is InChI=1S/C16H19NO4/c1-3-20-14-7-10-13(8-15(14)21-4-2)17-12-5-6-19-9-11(12)16(10)18/h7-8H,3-6,9H2,1-2H3,(H,17,18). The lowest BCUT2D eigenvalue weighted by molar-refractivity contribution is 0.109. The van der Waals surface area contributed by atoms with E-state index in [-0.39, 0.29) is 5.43 Å². The molecule has 1 aliphatic heterocycles. The zero-order chi connectivity index (χ0) is 14.8. The fraction of sp³-hybridized carbons (Fsp3) is 0.438. The first-order valence-electron chi connectivity index (χ1n) is 7.29.